The molecule has 2 amide bonds. The van der Waals surface area contributed by atoms with Crippen molar-refractivity contribution in [2.75, 3.05) is 11.9 Å². The number of ether oxygens (including phenoxy) is 1. The summed E-state index contributed by atoms with van der Waals surface area (Å²) in [6.07, 6.45) is 1.55. The van der Waals surface area contributed by atoms with Crippen LogP contribution in [0.4, 0.5) is 5.69 Å². The maximum atomic E-state index is 11.9. The summed E-state index contributed by atoms with van der Waals surface area (Å²) in [5.74, 6) is 0.638. The predicted octanol–water partition coefficient (Wildman–Crippen LogP) is 2.49. The van der Waals surface area contributed by atoms with Crippen molar-refractivity contribution < 1.29 is 18.7 Å². The second-order valence-electron chi connectivity index (χ2n) is 4.77. The number of carbonyl (C=O) groups excluding carboxylic acids is 2. The molecule has 1 aromatic carbocycles. The van der Waals surface area contributed by atoms with E-state index in [9.17, 15) is 9.59 Å². The van der Waals surface area contributed by atoms with Gasteiger partial charge in [0.15, 0.2) is 6.61 Å². The smallest absolute Gasteiger partial charge is 0.258 e. The van der Waals surface area contributed by atoms with E-state index in [1.807, 2.05) is 6.92 Å². The molecule has 1 aromatic heterocycles. The Hall–Kier alpha value is -2.76. The second kappa shape index (κ2) is 7.31. The van der Waals surface area contributed by atoms with Gasteiger partial charge >= 0.3 is 0 Å². The van der Waals surface area contributed by atoms with Crippen LogP contribution in [-0.4, -0.2) is 18.4 Å². The number of hydrogen-bond acceptors (Lipinski definition) is 4. The van der Waals surface area contributed by atoms with Crippen molar-refractivity contribution >= 4 is 17.5 Å². The van der Waals surface area contributed by atoms with E-state index < -0.39 is 0 Å². The second-order valence-corrected chi connectivity index (χ2v) is 4.77. The van der Waals surface area contributed by atoms with Crippen molar-refractivity contribution in [2.45, 2.75) is 19.9 Å². The van der Waals surface area contributed by atoms with Gasteiger partial charge in [-0.15, -0.1) is 0 Å². The lowest BCUT2D eigenvalue weighted by molar-refractivity contribution is -0.123. The molecule has 0 unspecified atom stereocenters. The highest BCUT2D eigenvalue weighted by Gasteiger charge is 2.13. The SMILES string of the molecule is CC(=O)Nc1ccccc1OCC(=O)N[C@H](C)c1ccco1. The Balaban J connectivity index is 1.90. The molecule has 0 spiro atoms. The Labute approximate surface area is 128 Å². The molecule has 0 saturated carbocycles. The summed E-state index contributed by atoms with van der Waals surface area (Å²) in [6, 6.07) is 10.3. The van der Waals surface area contributed by atoms with E-state index in [1.54, 1.807) is 42.7 Å². The van der Waals surface area contributed by atoms with Gasteiger partial charge < -0.3 is 19.8 Å². The molecular weight excluding hydrogens is 284 g/mol. The first-order chi connectivity index (χ1) is 10.6. The standard InChI is InChI=1S/C16H18N2O4/c1-11(14-8-5-9-21-14)17-16(20)10-22-15-7-4-3-6-13(15)18-12(2)19/h3-9,11H,10H2,1-2H3,(H,17,20)(H,18,19)/t11-/m1/s1. The fourth-order valence-corrected chi connectivity index (χ4v) is 1.92. The zero-order valence-corrected chi connectivity index (χ0v) is 12.5. The third-order valence-corrected chi connectivity index (χ3v) is 2.90. The van der Waals surface area contributed by atoms with E-state index in [-0.39, 0.29) is 24.5 Å². The molecule has 0 aliphatic rings. The lowest BCUT2D eigenvalue weighted by Crippen LogP contribution is -2.31. The van der Waals surface area contributed by atoms with Crippen molar-refractivity contribution in [1.29, 1.82) is 0 Å². The van der Waals surface area contributed by atoms with Gasteiger partial charge in [0.25, 0.3) is 5.91 Å². The summed E-state index contributed by atoms with van der Waals surface area (Å²) >= 11 is 0. The van der Waals surface area contributed by atoms with Crippen LogP contribution in [0.25, 0.3) is 0 Å². The average Bonchev–Trinajstić information content (AvgIpc) is 3.00. The molecule has 0 radical (unpaired) electrons. The molecule has 2 rings (SSSR count). The number of hydrogen-bond donors (Lipinski definition) is 2. The van der Waals surface area contributed by atoms with Crippen LogP contribution in [0.1, 0.15) is 25.6 Å². The fourth-order valence-electron chi connectivity index (χ4n) is 1.92. The number of carbonyl (C=O) groups is 2. The van der Waals surface area contributed by atoms with E-state index in [4.69, 9.17) is 9.15 Å². The number of amides is 2. The van der Waals surface area contributed by atoms with Crippen molar-refractivity contribution in [3.8, 4) is 5.75 Å². The Morgan fingerprint density at radius 1 is 1.23 bits per heavy atom. The lowest BCUT2D eigenvalue weighted by atomic mass is 10.2. The predicted molar refractivity (Wildman–Crippen MR) is 81.5 cm³/mol. The van der Waals surface area contributed by atoms with Crippen molar-refractivity contribution in [1.82, 2.24) is 5.32 Å². The molecule has 1 heterocycles. The number of furan rings is 1. The van der Waals surface area contributed by atoms with Crippen LogP contribution >= 0.6 is 0 Å². The average molecular weight is 302 g/mol. The molecular formula is C16H18N2O4. The highest BCUT2D eigenvalue weighted by molar-refractivity contribution is 5.90. The molecule has 0 bridgehead atoms. The summed E-state index contributed by atoms with van der Waals surface area (Å²) in [7, 11) is 0. The molecule has 2 aromatic rings. The van der Waals surface area contributed by atoms with Gasteiger partial charge in [0.1, 0.15) is 11.5 Å². The summed E-state index contributed by atoms with van der Waals surface area (Å²) < 4.78 is 10.7. The molecule has 0 saturated heterocycles. The summed E-state index contributed by atoms with van der Waals surface area (Å²) in [6.45, 7) is 3.08. The lowest BCUT2D eigenvalue weighted by Gasteiger charge is -2.14. The van der Waals surface area contributed by atoms with Crippen LogP contribution in [0.2, 0.25) is 0 Å². The zero-order chi connectivity index (χ0) is 15.9. The van der Waals surface area contributed by atoms with Gasteiger partial charge in [-0.25, -0.2) is 0 Å². The van der Waals surface area contributed by atoms with Gasteiger partial charge in [-0.1, -0.05) is 12.1 Å². The summed E-state index contributed by atoms with van der Waals surface area (Å²) in [4.78, 5) is 23.0. The molecule has 0 aliphatic heterocycles. The first-order valence-electron chi connectivity index (χ1n) is 6.88. The van der Waals surface area contributed by atoms with E-state index in [0.717, 1.165) is 0 Å². The van der Waals surface area contributed by atoms with Gasteiger partial charge in [-0.05, 0) is 31.2 Å². The quantitative estimate of drug-likeness (QED) is 0.859. The summed E-state index contributed by atoms with van der Waals surface area (Å²) in [5, 5.41) is 5.42. The van der Waals surface area contributed by atoms with Gasteiger partial charge in [0.2, 0.25) is 5.91 Å². The maximum absolute atomic E-state index is 11.9. The van der Waals surface area contributed by atoms with Crippen molar-refractivity contribution in [2.24, 2.45) is 0 Å². The minimum Gasteiger partial charge on any atom is -0.482 e. The van der Waals surface area contributed by atoms with Crippen LogP contribution in [0.3, 0.4) is 0 Å². The number of para-hydroxylation sites is 2. The third-order valence-electron chi connectivity index (χ3n) is 2.90. The highest BCUT2D eigenvalue weighted by atomic mass is 16.5. The third kappa shape index (κ3) is 4.37. The van der Waals surface area contributed by atoms with E-state index in [1.165, 1.54) is 6.92 Å². The molecule has 22 heavy (non-hydrogen) atoms. The molecule has 1 atom stereocenters. The van der Waals surface area contributed by atoms with Crippen molar-refractivity contribution in [3.05, 3.63) is 48.4 Å². The first kappa shape index (κ1) is 15.6. The van der Waals surface area contributed by atoms with Crippen LogP contribution in [0, 0.1) is 0 Å². The number of benzene rings is 1. The van der Waals surface area contributed by atoms with Gasteiger partial charge in [0.05, 0.1) is 18.0 Å². The largest absolute Gasteiger partial charge is 0.482 e. The fraction of sp³-hybridized carbons (Fsp3) is 0.250. The normalized spacial score (nSPS) is 11.5. The molecule has 6 heteroatoms. The first-order valence-corrected chi connectivity index (χ1v) is 6.88. The van der Waals surface area contributed by atoms with Gasteiger partial charge in [-0.3, -0.25) is 9.59 Å². The van der Waals surface area contributed by atoms with E-state index >= 15 is 0 Å². The minimum absolute atomic E-state index is 0.151. The molecule has 6 nitrogen and oxygen atoms in total. The van der Waals surface area contributed by atoms with Crippen LogP contribution in [-0.2, 0) is 9.59 Å². The topological polar surface area (TPSA) is 80.6 Å². The van der Waals surface area contributed by atoms with E-state index in [2.05, 4.69) is 10.6 Å². The zero-order valence-electron chi connectivity index (χ0n) is 12.5. The monoisotopic (exact) mass is 302 g/mol. The molecule has 2 N–H and O–H groups in total. The Morgan fingerprint density at radius 2 is 2.00 bits per heavy atom. The number of anilines is 1. The Kier molecular flexibility index (Phi) is 5.19. The van der Waals surface area contributed by atoms with Crippen LogP contribution in [0.5, 0.6) is 5.75 Å². The van der Waals surface area contributed by atoms with Gasteiger partial charge in [0, 0.05) is 6.92 Å². The van der Waals surface area contributed by atoms with Crippen molar-refractivity contribution in [3.63, 3.8) is 0 Å². The van der Waals surface area contributed by atoms with E-state index in [0.29, 0.717) is 17.2 Å². The Morgan fingerprint density at radius 3 is 2.68 bits per heavy atom. The number of rotatable bonds is 6. The Bertz CT molecular complexity index is 637. The van der Waals surface area contributed by atoms with Crippen LogP contribution < -0.4 is 15.4 Å². The summed E-state index contributed by atoms with van der Waals surface area (Å²) in [5.41, 5.74) is 0.530. The number of nitrogens with one attached hydrogen (secondary N) is 2. The van der Waals surface area contributed by atoms with Crippen LogP contribution in [0.15, 0.2) is 47.1 Å². The highest BCUT2D eigenvalue weighted by Crippen LogP contribution is 2.23. The maximum Gasteiger partial charge on any atom is 0.258 e. The molecule has 0 aliphatic carbocycles. The molecule has 0 fully saturated rings. The van der Waals surface area contributed by atoms with Gasteiger partial charge in [-0.2, -0.15) is 0 Å². The molecule has 116 valence electrons. The minimum atomic E-state index is -0.276.